The number of ether oxygens (including phenoxy) is 2. The van der Waals surface area contributed by atoms with Gasteiger partial charge in [0.05, 0.1) is 7.11 Å². The molecule has 1 rings (SSSR count). The van der Waals surface area contributed by atoms with Crippen molar-refractivity contribution in [2.45, 2.75) is 57.2 Å². The summed E-state index contributed by atoms with van der Waals surface area (Å²) < 4.78 is 10.2. The van der Waals surface area contributed by atoms with Crippen LogP contribution in [0.25, 0.3) is 0 Å². The molecule has 0 aromatic heterocycles. The lowest BCUT2D eigenvalue weighted by atomic mass is 10.0. The highest BCUT2D eigenvalue weighted by atomic mass is 16.5. The van der Waals surface area contributed by atoms with Crippen LogP contribution in [0.1, 0.15) is 38.2 Å². The molecule has 1 aromatic carbocycles. The van der Waals surface area contributed by atoms with Crippen molar-refractivity contribution >= 4 is 29.7 Å². The highest BCUT2D eigenvalue weighted by molar-refractivity contribution is 5.93. The van der Waals surface area contributed by atoms with Gasteiger partial charge in [0.1, 0.15) is 30.5 Å². The first-order chi connectivity index (χ1) is 18.6. The quantitative estimate of drug-likeness (QED) is 0.0579. The van der Waals surface area contributed by atoms with Crippen LogP contribution in [0.15, 0.2) is 54.6 Å². The Labute approximate surface area is 229 Å². The van der Waals surface area contributed by atoms with Crippen molar-refractivity contribution in [1.82, 2.24) is 16.0 Å². The van der Waals surface area contributed by atoms with E-state index >= 15 is 0 Å². The molecule has 0 bridgehead atoms. The average molecular weight is 545 g/mol. The zero-order valence-corrected chi connectivity index (χ0v) is 22.6. The third-order valence-corrected chi connectivity index (χ3v) is 5.46. The summed E-state index contributed by atoms with van der Waals surface area (Å²) in [6.45, 7) is 9.22. The molecule has 3 amide bonds. The number of nitrogens with two attached hydrogens (primary N) is 2. The number of carbonyl (C=O) groups excluding carboxylic acids is 4. The van der Waals surface area contributed by atoms with Gasteiger partial charge in [0, 0.05) is 19.9 Å². The van der Waals surface area contributed by atoms with Crippen LogP contribution in [-0.2, 0) is 30.3 Å². The summed E-state index contributed by atoms with van der Waals surface area (Å²) >= 11 is 0. The third-order valence-electron chi connectivity index (χ3n) is 5.46. The van der Waals surface area contributed by atoms with Crippen LogP contribution in [0.4, 0.5) is 0 Å². The summed E-state index contributed by atoms with van der Waals surface area (Å²) in [5, 5.41) is 7.97. The van der Waals surface area contributed by atoms with E-state index in [0.29, 0.717) is 31.7 Å². The molecule has 12 nitrogen and oxygen atoms in total. The molecule has 1 aromatic rings. The Morgan fingerprint density at radius 2 is 1.59 bits per heavy atom. The number of hydrogen-bond acceptors (Lipinski definition) is 7. The molecule has 0 aliphatic carbocycles. The first-order valence-corrected chi connectivity index (χ1v) is 12.6. The predicted molar refractivity (Wildman–Crippen MR) is 149 cm³/mol. The van der Waals surface area contributed by atoms with Crippen molar-refractivity contribution < 1.29 is 28.7 Å². The molecule has 0 aliphatic rings. The SMILES string of the molecule is C=CCOc1ccc(C[C@H](NC(C)=O)C(=O)N[C@@H](CCCCN=C(N)N)C(=O)N[C@@H](CC=C)C(=O)OC)cc1. The van der Waals surface area contributed by atoms with Gasteiger partial charge in [-0.1, -0.05) is 30.9 Å². The summed E-state index contributed by atoms with van der Waals surface area (Å²) in [6, 6.07) is 4.15. The molecule has 39 heavy (non-hydrogen) atoms. The van der Waals surface area contributed by atoms with Crippen LogP contribution >= 0.6 is 0 Å². The molecule has 12 heteroatoms. The number of carbonyl (C=O) groups is 4. The minimum absolute atomic E-state index is 0.0404. The minimum Gasteiger partial charge on any atom is -0.490 e. The van der Waals surface area contributed by atoms with E-state index in [9.17, 15) is 19.2 Å². The van der Waals surface area contributed by atoms with E-state index in [2.05, 4.69) is 34.1 Å². The van der Waals surface area contributed by atoms with Crippen LogP contribution in [0, 0.1) is 0 Å². The van der Waals surface area contributed by atoms with Crippen LogP contribution < -0.4 is 32.2 Å². The molecule has 0 spiro atoms. The molecule has 0 heterocycles. The maximum Gasteiger partial charge on any atom is 0.328 e. The van der Waals surface area contributed by atoms with Gasteiger partial charge in [0.15, 0.2) is 5.96 Å². The fraction of sp³-hybridized carbons (Fsp3) is 0.444. The molecule has 7 N–H and O–H groups in total. The molecule has 0 saturated heterocycles. The second-order valence-electron chi connectivity index (χ2n) is 8.67. The first-order valence-electron chi connectivity index (χ1n) is 12.6. The summed E-state index contributed by atoms with van der Waals surface area (Å²) in [4.78, 5) is 54.3. The fourth-order valence-corrected chi connectivity index (χ4v) is 3.57. The Balaban J connectivity index is 3.05. The van der Waals surface area contributed by atoms with Crippen molar-refractivity contribution in [2.75, 3.05) is 20.3 Å². The maximum atomic E-state index is 13.3. The van der Waals surface area contributed by atoms with E-state index in [1.165, 1.54) is 20.1 Å². The summed E-state index contributed by atoms with van der Waals surface area (Å²) in [5.41, 5.74) is 11.5. The Hall–Kier alpha value is -4.35. The van der Waals surface area contributed by atoms with Crippen molar-refractivity contribution in [3.63, 3.8) is 0 Å². The zero-order valence-electron chi connectivity index (χ0n) is 22.6. The maximum absolute atomic E-state index is 13.3. The first kappa shape index (κ1) is 32.7. The van der Waals surface area contributed by atoms with Gasteiger partial charge < -0.3 is 36.9 Å². The average Bonchev–Trinajstić information content (AvgIpc) is 2.90. The topological polar surface area (TPSA) is 187 Å². The zero-order chi connectivity index (χ0) is 29.2. The third kappa shape index (κ3) is 13.1. The largest absolute Gasteiger partial charge is 0.490 e. The molecule has 3 atom stereocenters. The lowest BCUT2D eigenvalue weighted by Gasteiger charge is -2.24. The lowest BCUT2D eigenvalue weighted by Crippen LogP contribution is -2.56. The van der Waals surface area contributed by atoms with E-state index in [0.717, 1.165) is 5.56 Å². The Morgan fingerprint density at radius 1 is 0.949 bits per heavy atom. The molecular formula is C27H40N6O6. The van der Waals surface area contributed by atoms with Gasteiger partial charge in [0.25, 0.3) is 0 Å². The molecule has 214 valence electrons. The van der Waals surface area contributed by atoms with Crippen molar-refractivity contribution in [3.05, 3.63) is 55.1 Å². The van der Waals surface area contributed by atoms with Crippen LogP contribution in [0.3, 0.4) is 0 Å². The minimum atomic E-state index is -1.00. The van der Waals surface area contributed by atoms with Crippen LogP contribution in [-0.4, -0.2) is 68.0 Å². The molecule has 0 aliphatic heterocycles. The summed E-state index contributed by atoms with van der Waals surface area (Å²) in [5.74, 6) is -1.58. The second-order valence-corrected chi connectivity index (χ2v) is 8.67. The molecule has 0 radical (unpaired) electrons. The summed E-state index contributed by atoms with van der Waals surface area (Å²) in [6.07, 6.45) is 4.71. The fourth-order valence-electron chi connectivity index (χ4n) is 3.57. The Bertz CT molecular complexity index is 1010. The standard InChI is InChI=1S/C27H40N6O6/c1-5-9-22(26(37)38-4)33-24(35)21(10-7-8-15-30-27(28)29)32-25(36)23(31-18(3)34)17-19-11-13-20(14-12-19)39-16-6-2/h5-6,11-14,21-23H,1-2,7-10,15-17H2,3-4H3,(H,31,34)(H,32,36)(H,33,35)(H4,28,29,30)/t21-,22-,23-/m0/s1. The number of unbranched alkanes of at least 4 members (excludes halogenated alkanes) is 1. The van der Waals surface area contributed by atoms with E-state index in [-0.39, 0.29) is 25.2 Å². The van der Waals surface area contributed by atoms with Gasteiger partial charge in [-0.05, 0) is 43.4 Å². The normalized spacial score (nSPS) is 12.6. The molecule has 0 saturated carbocycles. The monoisotopic (exact) mass is 544 g/mol. The molecular weight excluding hydrogens is 504 g/mol. The highest BCUT2D eigenvalue weighted by Crippen LogP contribution is 2.14. The Morgan fingerprint density at radius 3 is 2.15 bits per heavy atom. The number of rotatable bonds is 18. The van der Waals surface area contributed by atoms with Crippen molar-refractivity contribution in [1.29, 1.82) is 0 Å². The Kier molecular flexibility index (Phi) is 15.1. The molecule has 0 fully saturated rings. The number of hydrogen-bond donors (Lipinski definition) is 5. The van der Waals surface area contributed by atoms with E-state index in [4.69, 9.17) is 20.9 Å². The van der Waals surface area contributed by atoms with Gasteiger partial charge in [-0.25, -0.2) is 4.79 Å². The lowest BCUT2D eigenvalue weighted by molar-refractivity contribution is -0.145. The second kappa shape index (κ2) is 18.0. The highest BCUT2D eigenvalue weighted by Gasteiger charge is 2.29. The van der Waals surface area contributed by atoms with Crippen molar-refractivity contribution in [3.8, 4) is 5.75 Å². The van der Waals surface area contributed by atoms with E-state index in [1.807, 2.05) is 0 Å². The summed E-state index contributed by atoms with van der Waals surface area (Å²) in [7, 11) is 1.21. The van der Waals surface area contributed by atoms with Crippen LogP contribution in [0.2, 0.25) is 0 Å². The van der Waals surface area contributed by atoms with Gasteiger partial charge in [0.2, 0.25) is 17.7 Å². The molecule has 0 unspecified atom stereocenters. The van der Waals surface area contributed by atoms with Gasteiger partial charge in [-0.2, -0.15) is 0 Å². The van der Waals surface area contributed by atoms with Gasteiger partial charge in [-0.3, -0.25) is 19.4 Å². The van der Waals surface area contributed by atoms with Crippen LogP contribution in [0.5, 0.6) is 5.75 Å². The van der Waals surface area contributed by atoms with Crippen molar-refractivity contribution in [2.24, 2.45) is 16.5 Å². The number of guanidine groups is 1. The van der Waals surface area contributed by atoms with E-state index < -0.39 is 41.8 Å². The number of methoxy groups -OCH3 is 1. The van der Waals surface area contributed by atoms with E-state index in [1.54, 1.807) is 30.3 Å². The number of aliphatic imine (C=N–C) groups is 1. The predicted octanol–water partition coefficient (Wildman–Crippen LogP) is 0.461. The van der Waals surface area contributed by atoms with Gasteiger partial charge in [-0.15, -0.1) is 6.58 Å². The number of nitrogens with one attached hydrogen (secondary N) is 3. The smallest absolute Gasteiger partial charge is 0.328 e. The number of esters is 1. The number of benzene rings is 1. The number of nitrogens with zero attached hydrogens (tertiary/aromatic N) is 1. The number of amides is 3. The van der Waals surface area contributed by atoms with Gasteiger partial charge >= 0.3 is 5.97 Å².